The van der Waals surface area contributed by atoms with Crippen LogP contribution >= 0.6 is 0 Å². The van der Waals surface area contributed by atoms with Crippen molar-refractivity contribution in [1.29, 1.82) is 0 Å². The van der Waals surface area contributed by atoms with E-state index in [0.29, 0.717) is 23.5 Å². The Kier molecular flexibility index (Phi) is 5.99. The van der Waals surface area contributed by atoms with Crippen molar-refractivity contribution in [2.24, 2.45) is 10.9 Å². The average molecular weight is 469 g/mol. The minimum absolute atomic E-state index is 0.107. The first-order valence-corrected chi connectivity index (χ1v) is 11.2. The van der Waals surface area contributed by atoms with Crippen molar-refractivity contribution in [3.05, 3.63) is 88.9 Å². The fourth-order valence-electron chi connectivity index (χ4n) is 4.04. The molecule has 176 valence electrons. The number of aryl methyl sites for hydroxylation is 1. The summed E-state index contributed by atoms with van der Waals surface area (Å²) in [6.45, 7) is 1.86. The number of H-pyrrole nitrogens is 2. The number of phenolic OH excluding ortho intramolecular Hbond substituents is 1. The third kappa shape index (κ3) is 4.62. The van der Waals surface area contributed by atoms with E-state index in [1.165, 1.54) is 6.20 Å². The number of aliphatic imine (C=N–C) groups is 1. The smallest absolute Gasteiger partial charge is 0.261 e. The van der Waals surface area contributed by atoms with E-state index in [9.17, 15) is 15.0 Å². The summed E-state index contributed by atoms with van der Waals surface area (Å²) in [6, 6.07) is 12.5. The van der Waals surface area contributed by atoms with Gasteiger partial charge in [0.2, 0.25) is 0 Å². The van der Waals surface area contributed by atoms with Crippen LogP contribution in [-0.2, 0) is 6.42 Å². The van der Waals surface area contributed by atoms with Gasteiger partial charge in [-0.2, -0.15) is 0 Å². The maximum Gasteiger partial charge on any atom is 0.261 e. The number of hydrogen-bond acceptors (Lipinski definition) is 6. The third-order valence-corrected chi connectivity index (χ3v) is 5.83. The SMILES string of the molecule is Cc1cc(-n2ccnc2)cc2[nH]c(-c3c(N=CC(CO)Cc4ccc(O)cc4)cc[nH]c3=O)nc12. The Morgan fingerprint density at radius 3 is 2.77 bits per heavy atom. The van der Waals surface area contributed by atoms with E-state index in [2.05, 4.69) is 19.9 Å². The quantitative estimate of drug-likeness (QED) is 0.271. The van der Waals surface area contributed by atoms with Gasteiger partial charge in [-0.25, -0.2) is 9.97 Å². The molecule has 0 spiro atoms. The van der Waals surface area contributed by atoms with E-state index in [-0.39, 0.29) is 23.8 Å². The lowest BCUT2D eigenvalue weighted by Crippen LogP contribution is -2.12. The molecule has 0 aliphatic heterocycles. The third-order valence-electron chi connectivity index (χ3n) is 5.83. The first-order valence-electron chi connectivity index (χ1n) is 11.2. The number of rotatable bonds is 7. The Hall–Kier alpha value is -4.50. The number of aromatic hydroxyl groups is 1. The van der Waals surface area contributed by atoms with Crippen LogP contribution in [0.5, 0.6) is 5.75 Å². The lowest BCUT2D eigenvalue weighted by atomic mass is 10.0. The number of phenols is 1. The molecule has 1 atom stereocenters. The van der Waals surface area contributed by atoms with Gasteiger partial charge >= 0.3 is 0 Å². The normalized spacial score (nSPS) is 12.5. The molecule has 9 nitrogen and oxygen atoms in total. The number of pyridine rings is 1. The summed E-state index contributed by atoms with van der Waals surface area (Å²) in [5.41, 5.74) is 4.87. The molecular formula is C26H24N6O3. The Balaban J connectivity index is 1.50. The highest BCUT2D eigenvalue weighted by Crippen LogP contribution is 2.29. The second-order valence-electron chi connectivity index (χ2n) is 8.37. The topological polar surface area (TPSA) is 132 Å². The molecule has 0 amide bonds. The zero-order valence-corrected chi connectivity index (χ0v) is 19.0. The van der Waals surface area contributed by atoms with Crippen molar-refractivity contribution < 1.29 is 10.2 Å². The summed E-state index contributed by atoms with van der Waals surface area (Å²) >= 11 is 0. The molecule has 0 saturated heterocycles. The maximum absolute atomic E-state index is 12.8. The molecule has 3 aromatic heterocycles. The van der Waals surface area contributed by atoms with Gasteiger partial charge in [-0.3, -0.25) is 9.79 Å². The van der Waals surface area contributed by atoms with Crippen molar-refractivity contribution in [2.75, 3.05) is 6.61 Å². The lowest BCUT2D eigenvalue weighted by Gasteiger charge is -2.09. The highest BCUT2D eigenvalue weighted by atomic mass is 16.3. The maximum atomic E-state index is 12.8. The number of aromatic nitrogens is 5. The van der Waals surface area contributed by atoms with E-state index >= 15 is 0 Å². The molecule has 0 radical (unpaired) electrons. The molecule has 0 saturated carbocycles. The zero-order chi connectivity index (χ0) is 24.4. The highest BCUT2D eigenvalue weighted by Gasteiger charge is 2.16. The molecule has 3 heterocycles. The van der Waals surface area contributed by atoms with Gasteiger partial charge < -0.3 is 24.7 Å². The van der Waals surface area contributed by atoms with E-state index in [1.54, 1.807) is 49.1 Å². The molecule has 2 aromatic carbocycles. The van der Waals surface area contributed by atoms with Crippen LogP contribution in [0.15, 0.2) is 77.2 Å². The summed E-state index contributed by atoms with van der Waals surface area (Å²) in [5.74, 6) is 0.343. The molecule has 9 heteroatoms. The Bertz CT molecular complexity index is 1550. The van der Waals surface area contributed by atoms with Crippen molar-refractivity contribution in [3.63, 3.8) is 0 Å². The van der Waals surface area contributed by atoms with Gasteiger partial charge in [0.05, 0.1) is 29.7 Å². The van der Waals surface area contributed by atoms with Crippen molar-refractivity contribution in [2.45, 2.75) is 13.3 Å². The first-order chi connectivity index (χ1) is 17.0. The number of aliphatic hydroxyl groups excluding tert-OH is 1. The molecular weight excluding hydrogens is 444 g/mol. The van der Waals surface area contributed by atoms with Crippen LogP contribution in [-0.4, -0.2) is 47.5 Å². The summed E-state index contributed by atoms with van der Waals surface area (Å²) in [6.07, 6.45) is 9.03. The Morgan fingerprint density at radius 1 is 1.20 bits per heavy atom. The summed E-state index contributed by atoms with van der Waals surface area (Å²) in [4.78, 5) is 32.2. The number of hydrogen-bond donors (Lipinski definition) is 4. The Morgan fingerprint density at radius 2 is 2.03 bits per heavy atom. The molecule has 0 fully saturated rings. The van der Waals surface area contributed by atoms with Gasteiger partial charge in [-0.15, -0.1) is 0 Å². The van der Waals surface area contributed by atoms with Crippen LogP contribution in [0, 0.1) is 12.8 Å². The van der Waals surface area contributed by atoms with E-state index in [4.69, 9.17) is 4.98 Å². The number of aromatic amines is 2. The molecule has 0 aliphatic rings. The standard InChI is InChI=1S/C26H24N6O3/c1-16-10-19(32-9-8-27-15-32)12-22-24(16)31-25(30-22)23-21(6-7-28-26(23)35)29-13-18(14-33)11-17-2-4-20(34)5-3-17/h2-10,12-13,15,18,33-34H,11,14H2,1H3,(H,28,35)(H,30,31). The molecule has 5 rings (SSSR count). The second kappa shape index (κ2) is 9.40. The summed E-state index contributed by atoms with van der Waals surface area (Å²) in [7, 11) is 0. The summed E-state index contributed by atoms with van der Waals surface area (Å²) in [5, 5.41) is 19.3. The molecule has 0 aliphatic carbocycles. The van der Waals surface area contributed by atoms with E-state index < -0.39 is 0 Å². The van der Waals surface area contributed by atoms with Crippen LogP contribution in [0.2, 0.25) is 0 Å². The van der Waals surface area contributed by atoms with Crippen molar-refractivity contribution in [1.82, 2.24) is 24.5 Å². The van der Waals surface area contributed by atoms with Gasteiger partial charge in [0.1, 0.15) is 17.1 Å². The summed E-state index contributed by atoms with van der Waals surface area (Å²) < 4.78 is 1.90. The van der Waals surface area contributed by atoms with Crippen LogP contribution in [0.1, 0.15) is 11.1 Å². The first kappa shape index (κ1) is 22.3. The van der Waals surface area contributed by atoms with E-state index in [0.717, 1.165) is 27.8 Å². The number of benzene rings is 2. The average Bonchev–Trinajstić information content (AvgIpc) is 3.53. The number of imidazole rings is 2. The minimum atomic E-state index is -0.315. The molecule has 1 unspecified atom stereocenters. The molecule has 5 aromatic rings. The predicted molar refractivity (Wildman–Crippen MR) is 135 cm³/mol. The fourth-order valence-corrected chi connectivity index (χ4v) is 4.04. The van der Waals surface area contributed by atoms with Gasteiger partial charge in [0.15, 0.2) is 0 Å². The molecule has 4 N–H and O–H groups in total. The van der Waals surface area contributed by atoms with Gasteiger partial charge in [0.25, 0.3) is 5.56 Å². The highest BCUT2D eigenvalue weighted by molar-refractivity contribution is 5.86. The van der Waals surface area contributed by atoms with Crippen LogP contribution in [0.25, 0.3) is 28.1 Å². The Labute approximate surface area is 200 Å². The van der Waals surface area contributed by atoms with Gasteiger partial charge in [-0.1, -0.05) is 12.1 Å². The molecule has 35 heavy (non-hydrogen) atoms. The fraction of sp³-hybridized carbons (Fsp3) is 0.154. The van der Waals surface area contributed by atoms with Crippen molar-refractivity contribution in [3.8, 4) is 22.8 Å². The van der Waals surface area contributed by atoms with Crippen LogP contribution < -0.4 is 5.56 Å². The lowest BCUT2D eigenvalue weighted by molar-refractivity contribution is 0.263. The monoisotopic (exact) mass is 468 g/mol. The van der Waals surface area contributed by atoms with E-state index in [1.807, 2.05) is 29.8 Å². The second-order valence-corrected chi connectivity index (χ2v) is 8.37. The molecule has 0 bridgehead atoms. The number of nitrogens with one attached hydrogen (secondary N) is 2. The van der Waals surface area contributed by atoms with Gasteiger partial charge in [-0.05, 0) is 54.8 Å². The predicted octanol–water partition coefficient (Wildman–Crippen LogP) is 3.67. The largest absolute Gasteiger partial charge is 0.508 e. The van der Waals surface area contributed by atoms with Gasteiger partial charge in [0, 0.05) is 36.4 Å². The van der Waals surface area contributed by atoms with Crippen LogP contribution in [0.4, 0.5) is 5.69 Å². The number of aliphatic hydroxyl groups is 1. The minimum Gasteiger partial charge on any atom is -0.508 e. The number of fused-ring (bicyclic) bond motifs is 1. The number of nitrogens with zero attached hydrogens (tertiary/aromatic N) is 4. The van der Waals surface area contributed by atoms with Crippen LogP contribution in [0.3, 0.4) is 0 Å². The zero-order valence-electron chi connectivity index (χ0n) is 19.0. The van der Waals surface area contributed by atoms with Crippen molar-refractivity contribution >= 4 is 22.9 Å².